The molecule has 0 radical (unpaired) electrons. The van der Waals surface area contributed by atoms with Gasteiger partial charge >= 0.3 is 0 Å². The van der Waals surface area contributed by atoms with Crippen LogP contribution in [0, 0.1) is 19.7 Å². The first-order chi connectivity index (χ1) is 7.16. The van der Waals surface area contributed by atoms with Gasteiger partial charge in [-0.2, -0.15) is 0 Å². The molecule has 15 heavy (non-hydrogen) atoms. The Bertz CT molecular complexity index is 495. The number of hydrogen-bond donors (Lipinski definition) is 0. The summed E-state index contributed by atoms with van der Waals surface area (Å²) >= 11 is 0. The zero-order valence-electron chi connectivity index (χ0n) is 8.66. The number of benzene rings is 1. The number of hydrogen-bond acceptors (Lipinski definition) is 2. The van der Waals surface area contributed by atoms with Crippen LogP contribution in [0.3, 0.4) is 0 Å². The average molecular weight is 202 g/mol. The van der Waals surface area contributed by atoms with Crippen molar-refractivity contribution in [3.63, 3.8) is 0 Å². The van der Waals surface area contributed by atoms with Crippen LogP contribution in [0.1, 0.15) is 11.4 Å². The molecule has 0 aliphatic carbocycles. The van der Waals surface area contributed by atoms with E-state index in [-0.39, 0.29) is 5.82 Å². The smallest absolute Gasteiger partial charge is 0.126 e. The van der Waals surface area contributed by atoms with Crippen molar-refractivity contribution in [3.05, 3.63) is 47.7 Å². The quantitative estimate of drug-likeness (QED) is 0.710. The van der Waals surface area contributed by atoms with Crippen LogP contribution in [-0.2, 0) is 0 Å². The zero-order valence-corrected chi connectivity index (χ0v) is 8.66. The summed E-state index contributed by atoms with van der Waals surface area (Å²) in [5.41, 5.74) is 2.18. The Balaban J connectivity index is 2.50. The Kier molecular flexibility index (Phi) is 2.46. The highest BCUT2D eigenvalue weighted by atomic mass is 19.1. The van der Waals surface area contributed by atoms with Crippen molar-refractivity contribution in [3.8, 4) is 11.3 Å². The molecule has 0 aliphatic heterocycles. The average Bonchev–Trinajstić information content (AvgIpc) is 2.22. The van der Waals surface area contributed by atoms with E-state index < -0.39 is 0 Å². The van der Waals surface area contributed by atoms with Gasteiger partial charge in [0.15, 0.2) is 0 Å². The Hall–Kier alpha value is -1.77. The first kappa shape index (κ1) is 9.77. The highest BCUT2D eigenvalue weighted by molar-refractivity contribution is 5.59. The van der Waals surface area contributed by atoms with Gasteiger partial charge in [0.2, 0.25) is 0 Å². The number of nitrogens with zero attached hydrogens (tertiary/aromatic N) is 2. The highest BCUT2D eigenvalue weighted by Gasteiger charge is 2.03. The second-order valence-corrected chi connectivity index (χ2v) is 3.45. The van der Waals surface area contributed by atoms with Crippen molar-refractivity contribution in [1.29, 1.82) is 0 Å². The maximum absolute atomic E-state index is 13.3. The molecule has 3 heteroatoms. The number of halogens is 1. The van der Waals surface area contributed by atoms with Crippen LogP contribution >= 0.6 is 0 Å². The molecule has 0 saturated carbocycles. The third-order valence-corrected chi connectivity index (χ3v) is 2.24. The fourth-order valence-electron chi connectivity index (χ4n) is 1.37. The summed E-state index contributed by atoms with van der Waals surface area (Å²) in [6, 6.07) is 6.89. The van der Waals surface area contributed by atoms with E-state index in [0.717, 1.165) is 11.3 Å². The van der Waals surface area contributed by atoms with Crippen LogP contribution < -0.4 is 0 Å². The molecule has 0 atom stereocenters. The van der Waals surface area contributed by atoms with Crippen molar-refractivity contribution in [2.45, 2.75) is 13.8 Å². The Labute approximate surface area is 87.8 Å². The molecule has 0 unspecified atom stereocenters. The van der Waals surface area contributed by atoms with Crippen molar-refractivity contribution in [2.24, 2.45) is 0 Å². The van der Waals surface area contributed by atoms with Crippen molar-refractivity contribution in [2.75, 3.05) is 0 Å². The Morgan fingerprint density at radius 3 is 2.60 bits per heavy atom. The lowest BCUT2D eigenvalue weighted by Crippen LogP contribution is -1.91. The number of aromatic nitrogens is 2. The van der Waals surface area contributed by atoms with E-state index in [2.05, 4.69) is 9.97 Å². The molecule has 0 saturated heterocycles. The minimum absolute atomic E-state index is 0.205. The van der Waals surface area contributed by atoms with E-state index in [1.165, 1.54) is 6.07 Å². The summed E-state index contributed by atoms with van der Waals surface area (Å²) < 4.78 is 13.3. The molecule has 1 heterocycles. The van der Waals surface area contributed by atoms with Gasteiger partial charge in [-0.3, -0.25) is 0 Å². The predicted molar refractivity (Wildman–Crippen MR) is 56.9 cm³/mol. The summed E-state index contributed by atoms with van der Waals surface area (Å²) in [5.74, 6) is 0.484. The molecule has 0 aliphatic rings. The Morgan fingerprint density at radius 2 is 1.93 bits per heavy atom. The molecule has 0 N–H and O–H groups in total. The third-order valence-electron chi connectivity index (χ3n) is 2.24. The highest BCUT2D eigenvalue weighted by Crippen LogP contribution is 2.19. The van der Waals surface area contributed by atoms with Crippen LogP contribution in [-0.4, -0.2) is 9.97 Å². The third kappa shape index (κ3) is 2.01. The second kappa shape index (κ2) is 3.77. The normalized spacial score (nSPS) is 10.3. The lowest BCUT2D eigenvalue weighted by Gasteiger charge is -2.03. The summed E-state index contributed by atoms with van der Waals surface area (Å²) in [5, 5.41) is 0. The second-order valence-electron chi connectivity index (χ2n) is 3.45. The lowest BCUT2D eigenvalue weighted by atomic mass is 10.1. The standard InChI is InChI=1S/C12H11FN2/c1-8-3-4-10(7-11(8)13)12-5-6-14-9(2)15-12/h3-7H,1-2H3. The van der Waals surface area contributed by atoms with Gasteiger partial charge in [0.25, 0.3) is 0 Å². The molecule has 2 rings (SSSR count). The topological polar surface area (TPSA) is 25.8 Å². The molecule has 0 amide bonds. The van der Waals surface area contributed by atoms with Crippen molar-refractivity contribution in [1.82, 2.24) is 9.97 Å². The van der Waals surface area contributed by atoms with Crippen LogP contribution in [0.4, 0.5) is 4.39 Å². The molecule has 0 fully saturated rings. The van der Waals surface area contributed by atoms with Crippen LogP contribution in [0.15, 0.2) is 30.5 Å². The summed E-state index contributed by atoms with van der Waals surface area (Å²) in [6.45, 7) is 3.55. The summed E-state index contributed by atoms with van der Waals surface area (Å²) in [7, 11) is 0. The lowest BCUT2D eigenvalue weighted by molar-refractivity contribution is 0.619. The van der Waals surface area contributed by atoms with Gasteiger partial charge in [-0.15, -0.1) is 0 Å². The van der Waals surface area contributed by atoms with Gasteiger partial charge in [-0.05, 0) is 31.5 Å². The monoisotopic (exact) mass is 202 g/mol. The fraction of sp³-hybridized carbons (Fsp3) is 0.167. The minimum atomic E-state index is -0.205. The van der Waals surface area contributed by atoms with E-state index in [1.54, 1.807) is 25.3 Å². The molecular weight excluding hydrogens is 191 g/mol. The molecule has 0 bridgehead atoms. The summed E-state index contributed by atoms with van der Waals surface area (Å²) in [6.07, 6.45) is 1.68. The SMILES string of the molecule is Cc1nccc(-c2ccc(C)c(F)c2)n1. The maximum atomic E-state index is 13.3. The maximum Gasteiger partial charge on any atom is 0.126 e. The van der Waals surface area contributed by atoms with E-state index >= 15 is 0 Å². The van der Waals surface area contributed by atoms with Gasteiger partial charge in [0.05, 0.1) is 5.69 Å². The molecule has 0 spiro atoms. The van der Waals surface area contributed by atoms with Gasteiger partial charge in [-0.1, -0.05) is 12.1 Å². The number of rotatable bonds is 1. The molecule has 2 nitrogen and oxygen atoms in total. The van der Waals surface area contributed by atoms with E-state index in [0.29, 0.717) is 11.4 Å². The molecule has 76 valence electrons. The van der Waals surface area contributed by atoms with Crippen molar-refractivity contribution >= 4 is 0 Å². The Morgan fingerprint density at radius 1 is 1.13 bits per heavy atom. The van der Waals surface area contributed by atoms with Gasteiger partial charge < -0.3 is 0 Å². The van der Waals surface area contributed by atoms with Crippen LogP contribution in [0.25, 0.3) is 11.3 Å². The summed E-state index contributed by atoms with van der Waals surface area (Å²) in [4.78, 5) is 8.24. The molecule has 2 aromatic rings. The first-order valence-electron chi connectivity index (χ1n) is 4.73. The minimum Gasteiger partial charge on any atom is -0.242 e. The van der Waals surface area contributed by atoms with Gasteiger partial charge in [-0.25, -0.2) is 14.4 Å². The molecule has 1 aromatic carbocycles. The zero-order chi connectivity index (χ0) is 10.8. The van der Waals surface area contributed by atoms with Crippen LogP contribution in [0.2, 0.25) is 0 Å². The van der Waals surface area contributed by atoms with Gasteiger partial charge in [0, 0.05) is 11.8 Å². The molecular formula is C12H11FN2. The molecule has 1 aromatic heterocycles. The number of aryl methyl sites for hydroxylation is 2. The predicted octanol–water partition coefficient (Wildman–Crippen LogP) is 2.90. The van der Waals surface area contributed by atoms with Gasteiger partial charge in [0.1, 0.15) is 11.6 Å². The van der Waals surface area contributed by atoms with Crippen molar-refractivity contribution < 1.29 is 4.39 Å². The first-order valence-corrected chi connectivity index (χ1v) is 4.73. The largest absolute Gasteiger partial charge is 0.242 e. The van der Waals surface area contributed by atoms with E-state index in [1.807, 2.05) is 13.0 Å². The van der Waals surface area contributed by atoms with E-state index in [9.17, 15) is 4.39 Å². The van der Waals surface area contributed by atoms with Crippen LogP contribution in [0.5, 0.6) is 0 Å². The van der Waals surface area contributed by atoms with E-state index in [4.69, 9.17) is 0 Å². The fourth-order valence-corrected chi connectivity index (χ4v) is 1.37.